The van der Waals surface area contributed by atoms with Gasteiger partial charge in [0, 0.05) is 36.3 Å². The number of rotatable bonds is 7. The van der Waals surface area contributed by atoms with Crippen molar-refractivity contribution in [3.63, 3.8) is 0 Å². The van der Waals surface area contributed by atoms with Crippen LogP contribution >= 0.6 is 0 Å². The summed E-state index contributed by atoms with van der Waals surface area (Å²) < 4.78 is 0. The van der Waals surface area contributed by atoms with Crippen molar-refractivity contribution in [3.05, 3.63) is 59.2 Å². The van der Waals surface area contributed by atoms with Gasteiger partial charge in [-0.25, -0.2) is 5.43 Å². The Balaban J connectivity index is 1.56. The van der Waals surface area contributed by atoms with E-state index in [4.69, 9.17) is 0 Å². The number of hydrogen-bond donors (Lipinski definition) is 2. The third-order valence-corrected chi connectivity index (χ3v) is 5.85. The fourth-order valence-corrected chi connectivity index (χ4v) is 3.76. The summed E-state index contributed by atoms with van der Waals surface area (Å²) >= 11 is 0. The lowest BCUT2D eigenvalue weighted by Crippen LogP contribution is -2.21. The van der Waals surface area contributed by atoms with Crippen LogP contribution in [0.2, 0.25) is 0 Å². The van der Waals surface area contributed by atoms with Gasteiger partial charge in [0.1, 0.15) is 5.75 Å². The molecule has 2 aromatic carbocycles. The molecule has 2 atom stereocenters. The van der Waals surface area contributed by atoms with E-state index in [1.807, 2.05) is 12.1 Å². The predicted molar refractivity (Wildman–Crippen MR) is 123 cm³/mol. The van der Waals surface area contributed by atoms with Gasteiger partial charge in [0.25, 0.3) is 0 Å². The third kappa shape index (κ3) is 5.02. The van der Waals surface area contributed by atoms with Crippen molar-refractivity contribution in [2.24, 2.45) is 11.0 Å². The Hall–Kier alpha value is -2.82. The van der Waals surface area contributed by atoms with E-state index in [0.717, 1.165) is 25.2 Å². The Morgan fingerprint density at radius 1 is 1.17 bits per heavy atom. The maximum Gasteiger partial charge on any atom is 0.243 e. The molecule has 5 heteroatoms. The maximum absolute atomic E-state index is 12.4. The number of nitrogens with one attached hydrogen (secondary N) is 1. The van der Waals surface area contributed by atoms with E-state index >= 15 is 0 Å². The summed E-state index contributed by atoms with van der Waals surface area (Å²) in [7, 11) is 0. The van der Waals surface area contributed by atoms with E-state index in [9.17, 15) is 9.90 Å². The van der Waals surface area contributed by atoms with Crippen LogP contribution in [0.5, 0.6) is 5.75 Å². The van der Waals surface area contributed by atoms with Gasteiger partial charge in [-0.3, -0.25) is 4.79 Å². The lowest BCUT2D eigenvalue weighted by molar-refractivity contribution is -0.122. The number of nitrogens with zero attached hydrogens (tertiary/aromatic N) is 2. The molecule has 2 aromatic rings. The van der Waals surface area contributed by atoms with Gasteiger partial charge < -0.3 is 10.0 Å². The first-order valence-corrected chi connectivity index (χ1v) is 10.8. The minimum absolute atomic E-state index is 0.0405. The van der Waals surface area contributed by atoms with Crippen LogP contribution in [0.15, 0.2) is 47.6 Å². The van der Waals surface area contributed by atoms with Gasteiger partial charge >= 0.3 is 0 Å². The molecule has 0 spiro atoms. The van der Waals surface area contributed by atoms with Crippen molar-refractivity contribution in [1.82, 2.24) is 5.43 Å². The van der Waals surface area contributed by atoms with Crippen LogP contribution in [0.25, 0.3) is 0 Å². The van der Waals surface area contributed by atoms with Crippen LogP contribution in [-0.4, -0.2) is 30.3 Å². The highest BCUT2D eigenvalue weighted by atomic mass is 16.3. The summed E-state index contributed by atoms with van der Waals surface area (Å²) in [5.41, 5.74) is 6.80. The van der Waals surface area contributed by atoms with Crippen molar-refractivity contribution >= 4 is 17.8 Å². The van der Waals surface area contributed by atoms with Gasteiger partial charge in [0.05, 0.1) is 6.21 Å². The molecule has 160 valence electrons. The van der Waals surface area contributed by atoms with E-state index in [0.29, 0.717) is 5.56 Å². The molecule has 2 N–H and O–H groups in total. The molecule has 0 unspecified atom stereocenters. The van der Waals surface area contributed by atoms with Crippen LogP contribution < -0.4 is 10.3 Å². The number of phenols is 1. The quantitative estimate of drug-likeness (QED) is 0.512. The van der Waals surface area contributed by atoms with Crippen molar-refractivity contribution < 1.29 is 9.90 Å². The standard InChI is InChI=1S/C25H33N3O2/c1-6-28(7-2)20-13-10-18(23(29)14-20)16-26-27-24(30)22-15-21(22)17-8-11-19(12-9-17)25(3,4)5/h8-14,16,21-22,29H,6-7,15H2,1-5H3,(H,27,30)/b26-16-/t21-,22+/m0/s1. The number of hydrogen-bond acceptors (Lipinski definition) is 4. The summed E-state index contributed by atoms with van der Waals surface area (Å²) in [6, 6.07) is 14.1. The van der Waals surface area contributed by atoms with Gasteiger partial charge in [0.15, 0.2) is 0 Å². The number of benzene rings is 2. The minimum atomic E-state index is -0.0737. The molecule has 5 nitrogen and oxygen atoms in total. The maximum atomic E-state index is 12.4. The first kappa shape index (κ1) is 21.9. The normalized spacial score (nSPS) is 18.4. The van der Waals surface area contributed by atoms with E-state index in [2.05, 4.69) is 74.3 Å². The molecule has 1 amide bonds. The monoisotopic (exact) mass is 407 g/mol. The molecule has 1 saturated carbocycles. The van der Waals surface area contributed by atoms with Crippen LogP contribution in [0, 0.1) is 5.92 Å². The second-order valence-corrected chi connectivity index (χ2v) is 8.97. The van der Waals surface area contributed by atoms with Crippen molar-refractivity contribution in [2.75, 3.05) is 18.0 Å². The Kier molecular flexibility index (Phi) is 6.49. The van der Waals surface area contributed by atoms with Crippen LogP contribution in [0.4, 0.5) is 5.69 Å². The summed E-state index contributed by atoms with van der Waals surface area (Å²) in [5.74, 6) is 0.299. The zero-order valence-electron chi connectivity index (χ0n) is 18.6. The Labute approximate surface area is 179 Å². The fraction of sp³-hybridized carbons (Fsp3) is 0.440. The number of phenolic OH excluding ortho intramolecular Hbond substituents is 1. The molecular formula is C25H33N3O2. The fourth-order valence-electron chi connectivity index (χ4n) is 3.76. The highest BCUT2D eigenvalue weighted by Gasteiger charge is 2.44. The first-order chi connectivity index (χ1) is 14.2. The second-order valence-electron chi connectivity index (χ2n) is 8.97. The smallest absolute Gasteiger partial charge is 0.243 e. The lowest BCUT2D eigenvalue weighted by Gasteiger charge is -2.21. The Morgan fingerprint density at radius 2 is 1.83 bits per heavy atom. The largest absolute Gasteiger partial charge is 0.507 e. The molecule has 0 radical (unpaired) electrons. The topological polar surface area (TPSA) is 64.9 Å². The average Bonchev–Trinajstić information content (AvgIpc) is 3.51. The molecule has 0 bridgehead atoms. The van der Waals surface area contributed by atoms with Crippen LogP contribution in [0.3, 0.4) is 0 Å². The van der Waals surface area contributed by atoms with Gasteiger partial charge in [-0.05, 0) is 54.9 Å². The van der Waals surface area contributed by atoms with E-state index in [1.165, 1.54) is 17.3 Å². The second kappa shape index (κ2) is 8.90. The van der Waals surface area contributed by atoms with Crippen molar-refractivity contribution in [1.29, 1.82) is 0 Å². The number of amides is 1. The number of carbonyl (C=O) groups is 1. The molecule has 1 fully saturated rings. The Morgan fingerprint density at radius 3 is 2.40 bits per heavy atom. The molecule has 3 rings (SSSR count). The molecule has 0 saturated heterocycles. The average molecular weight is 408 g/mol. The SMILES string of the molecule is CCN(CC)c1ccc(/C=N\NC(=O)[C@@H]2C[C@H]2c2ccc(C(C)(C)C)cc2)c(O)c1. The molecule has 0 aliphatic heterocycles. The molecule has 30 heavy (non-hydrogen) atoms. The van der Waals surface area contributed by atoms with Gasteiger partial charge in [-0.2, -0.15) is 5.10 Å². The molecule has 1 aliphatic rings. The van der Waals surface area contributed by atoms with Crippen LogP contribution in [0.1, 0.15) is 63.6 Å². The predicted octanol–water partition coefficient (Wildman–Crippen LogP) is 4.79. The summed E-state index contributed by atoms with van der Waals surface area (Å²) in [5, 5.41) is 14.3. The van der Waals surface area contributed by atoms with Crippen LogP contribution in [-0.2, 0) is 10.2 Å². The lowest BCUT2D eigenvalue weighted by atomic mass is 9.86. The van der Waals surface area contributed by atoms with Crippen molar-refractivity contribution in [3.8, 4) is 5.75 Å². The number of hydrazone groups is 1. The molecule has 1 aliphatic carbocycles. The third-order valence-electron chi connectivity index (χ3n) is 5.85. The number of anilines is 1. The molecule has 0 heterocycles. The highest BCUT2D eigenvalue weighted by molar-refractivity contribution is 5.87. The summed E-state index contributed by atoms with van der Waals surface area (Å²) in [6.45, 7) is 12.5. The van der Waals surface area contributed by atoms with Gasteiger partial charge in [-0.15, -0.1) is 0 Å². The number of aromatic hydroxyl groups is 1. The zero-order valence-corrected chi connectivity index (χ0v) is 18.6. The van der Waals surface area contributed by atoms with E-state index in [1.54, 1.807) is 6.07 Å². The van der Waals surface area contributed by atoms with E-state index in [-0.39, 0.29) is 28.9 Å². The van der Waals surface area contributed by atoms with Gasteiger partial charge in [0.2, 0.25) is 5.91 Å². The number of carbonyl (C=O) groups excluding carboxylic acids is 1. The summed E-state index contributed by atoms with van der Waals surface area (Å²) in [4.78, 5) is 14.6. The highest BCUT2D eigenvalue weighted by Crippen LogP contribution is 2.47. The van der Waals surface area contributed by atoms with Gasteiger partial charge in [-0.1, -0.05) is 45.0 Å². The zero-order chi connectivity index (χ0) is 21.9. The molecule has 0 aromatic heterocycles. The first-order valence-electron chi connectivity index (χ1n) is 10.8. The molecular weight excluding hydrogens is 374 g/mol. The van der Waals surface area contributed by atoms with Crippen molar-refractivity contribution in [2.45, 2.75) is 52.4 Å². The Bertz CT molecular complexity index is 909. The van der Waals surface area contributed by atoms with E-state index < -0.39 is 0 Å². The summed E-state index contributed by atoms with van der Waals surface area (Å²) in [6.07, 6.45) is 2.34. The minimum Gasteiger partial charge on any atom is -0.507 e.